The van der Waals surface area contributed by atoms with Crippen molar-refractivity contribution < 1.29 is 14.3 Å². The van der Waals surface area contributed by atoms with Gasteiger partial charge in [-0.2, -0.15) is 0 Å². The van der Waals surface area contributed by atoms with E-state index < -0.39 is 0 Å². The average molecular weight is 451 g/mol. The van der Waals surface area contributed by atoms with Gasteiger partial charge in [-0.1, -0.05) is 6.07 Å². The summed E-state index contributed by atoms with van der Waals surface area (Å²) in [5.74, 6) is 0.778. The van der Waals surface area contributed by atoms with Crippen molar-refractivity contribution in [3.63, 3.8) is 0 Å². The Labute approximate surface area is 191 Å². The molecule has 8 heteroatoms. The predicted octanol–water partition coefficient (Wildman–Crippen LogP) is 2.06. The van der Waals surface area contributed by atoms with Crippen LogP contribution in [0.25, 0.3) is 0 Å². The third-order valence-electron chi connectivity index (χ3n) is 6.47. The molecule has 3 aliphatic rings. The van der Waals surface area contributed by atoms with Crippen LogP contribution in [0.2, 0.25) is 0 Å². The zero-order valence-electron chi connectivity index (χ0n) is 18.6. The van der Waals surface area contributed by atoms with Gasteiger partial charge in [0.2, 0.25) is 11.8 Å². The van der Waals surface area contributed by atoms with Crippen molar-refractivity contribution in [2.75, 3.05) is 57.8 Å². The molecule has 1 unspecified atom stereocenters. The molecule has 0 spiro atoms. The summed E-state index contributed by atoms with van der Waals surface area (Å²) in [4.78, 5) is 31.1. The first-order chi connectivity index (χ1) is 14.5. The number of carbonyl (C=O) groups excluding carboxylic acids is 2. The van der Waals surface area contributed by atoms with Crippen LogP contribution >= 0.6 is 12.4 Å². The number of methoxy groups -OCH3 is 1. The first-order valence-corrected chi connectivity index (χ1v) is 11.2. The molecular weight excluding hydrogens is 416 g/mol. The summed E-state index contributed by atoms with van der Waals surface area (Å²) in [6.45, 7) is 8.08. The van der Waals surface area contributed by atoms with Crippen molar-refractivity contribution in [3.05, 3.63) is 23.8 Å². The van der Waals surface area contributed by atoms with Crippen molar-refractivity contribution in [2.45, 2.75) is 38.6 Å². The Hall–Kier alpha value is -1.83. The maximum atomic E-state index is 12.6. The van der Waals surface area contributed by atoms with Crippen LogP contribution in [0.15, 0.2) is 18.2 Å². The number of imide groups is 1. The zero-order valence-corrected chi connectivity index (χ0v) is 19.5. The number of carbonyl (C=O) groups is 2. The maximum Gasteiger partial charge on any atom is 0.234 e. The molecule has 0 aromatic heterocycles. The molecule has 1 atom stereocenters. The van der Waals surface area contributed by atoms with Gasteiger partial charge >= 0.3 is 0 Å². The Morgan fingerprint density at radius 3 is 2.52 bits per heavy atom. The number of nitrogens with one attached hydrogen (secondary N) is 1. The average Bonchev–Trinajstić information content (AvgIpc) is 3.54. The van der Waals surface area contributed by atoms with Gasteiger partial charge in [0.05, 0.1) is 18.7 Å². The van der Waals surface area contributed by atoms with Gasteiger partial charge in [0, 0.05) is 51.7 Å². The lowest BCUT2D eigenvalue weighted by molar-refractivity contribution is -0.139. The first-order valence-electron chi connectivity index (χ1n) is 11.2. The van der Waals surface area contributed by atoms with E-state index in [-0.39, 0.29) is 30.1 Å². The highest BCUT2D eigenvalue weighted by Crippen LogP contribution is 2.30. The Balaban J connectivity index is 0.00000272. The second-order valence-electron chi connectivity index (χ2n) is 8.82. The molecule has 2 aliphatic heterocycles. The topological polar surface area (TPSA) is 65.1 Å². The molecule has 2 heterocycles. The molecular formula is C23H35ClN4O3. The van der Waals surface area contributed by atoms with Crippen LogP contribution in [0.4, 0.5) is 5.69 Å². The monoisotopic (exact) mass is 450 g/mol. The predicted molar refractivity (Wildman–Crippen MR) is 124 cm³/mol. The molecule has 0 radical (unpaired) electrons. The number of hydrogen-bond acceptors (Lipinski definition) is 6. The Morgan fingerprint density at radius 2 is 1.84 bits per heavy atom. The molecule has 4 rings (SSSR count). The fraction of sp³-hybridized carbons (Fsp3) is 0.652. The highest BCUT2D eigenvalue weighted by Gasteiger charge is 2.38. The van der Waals surface area contributed by atoms with E-state index in [0.29, 0.717) is 25.6 Å². The molecule has 7 nitrogen and oxygen atoms in total. The van der Waals surface area contributed by atoms with Gasteiger partial charge in [-0.15, -0.1) is 12.4 Å². The van der Waals surface area contributed by atoms with Gasteiger partial charge in [-0.05, 0) is 50.4 Å². The van der Waals surface area contributed by atoms with E-state index in [9.17, 15) is 9.59 Å². The van der Waals surface area contributed by atoms with Gasteiger partial charge in [0.15, 0.2) is 0 Å². The fourth-order valence-electron chi connectivity index (χ4n) is 4.45. The summed E-state index contributed by atoms with van der Waals surface area (Å²) in [6.07, 6.45) is 3.61. The third kappa shape index (κ3) is 5.90. The standard InChI is InChI=1S/C23H34N4O3.ClH/c1-17-4-7-21(30-2)20(14-17)26-12-10-25(11-13-26)8-3-9-27-22(28)15-18(23(27)29)16-24-19-5-6-19;/h4,7,14,18-19,24H,3,5-6,8-13,15-16H2,1-2H3;1H. The second kappa shape index (κ2) is 10.7. The van der Waals surface area contributed by atoms with E-state index >= 15 is 0 Å². The van der Waals surface area contributed by atoms with E-state index in [1.165, 1.54) is 23.3 Å². The number of halogens is 1. The van der Waals surface area contributed by atoms with Gasteiger partial charge in [-0.25, -0.2) is 0 Å². The Bertz CT molecular complexity index is 778. The number of likely N-dealkylation sites (tertiary alicyclic amines) is 1. The first kappa shape index (κ1) is 23.8. The highest BCUT2D eigenvalue weighted by molar-refractivity contribution is 6.03. The van der Waals surface area contributed by atoms with E-state index in [1.54, 1.807) is 7.11 Å². The zero-order chi connectivity index (χ0) is 21.1. The number of aryl methyl sites for hydroxylation is 1. The number of hydrogen-bond donors (Lipinski definition) is 1. The van der Waals surface area contributed by atoms with E-state index in [0.717, 1.165) is 50.6 Å². The van der Waals surface area contributed by atoms with Crippen LogP contribution in [0.5, 0.6) is 5.75 Å². The van der Waals surface area contributed by atoms with Gasteiger partial charge in [0.25, 0.3) is 0 Å². The number of piperazine rings is 1. The lowest BCUT2D eigenvalue weighted by atomic mass is 10.1. The molecule has 0 bridgehead atoms. The molecule has 1 aromatic rings. The van der Waals surface area contributed by atoms with E-state index in [2.05, 4.69) is 34.2 Å². The number of benzene rings is 1. The molecule has 2 saturated heterocycles. The van der Waals surface area contributed by atoms with Crippen molar-refractivity contribution in [2.24, 2.45) is 5.92 Å². The normalized spacial score (nSPS) is 22.1. The number of nitrogens with zero attached hydrogens (tertiary/aromatic N) is 3. The molecule has 31 heavy (non-hydrogen) atoms. The van der Waals surface area contributed by atoms with Crippen molar-refractivity contribution in [1.82, 2.24) is 15.1 Å². The minimum absolute atomic E-state index is 0. The summed E-state index contributed by atoms with van der Waals surface area (Å²) in [5.41, 5.74) is 2.40. The van der Waals surface area contributed by atoms with Crippen molar-refractivity contribution >= 4 is 29.9 Å². The largest absolute Gasteiger partial charge is 0.495 e. The third-order valence-corrected chi connectivity index (χ3v) is 6.47. The molecule has 1 saturated carbocycles. The minimum Gasteiger partial charge on any atom is -0.495 e. The number of amides is 2. The van der Waals surface area contributed by atoms with Crippen LogP contribution in [0, 0.1) is 12.8 Å². The van der Waals surface area contributed by atoms with Gasteiger partial charge in [0.1, 0.15) is 5.75 Å². The van der Waals surface area contributed by atoms with E-state index in [4.69, 9.17) is 4.74 Å². The molecule has 3 fully saturated rings. The Morgan fingerprint density at radius 1 is 1.10 bits per heavy atom. The van der Waals surface area contributed by atoms with Crippen molar-refractivity contribution in [3.8, 4) is 5.75 Å². The van der Waals surface area contributed by atoms with Crippen LogP contribution < -0.4 is 15.0 Å². The van der Waals surface area contributed by atoms with Crippen LogP contribution in [0.3, 0.4) is 0 Å². The molecule has 2 amide bonds. The quantitative estimate of drug-likeness (QED) is 0.581. The summed E-state index contributed by atoms with van der Waals surface area (Å²) >= 11 is 0. The summed E-state index contributed by atoms with van der Waals surface area (Å²) < 4.78 is 5.54. The highest BCUT2D eigenvalue weighted by atomic mass is 35.5. The van der Waals surface area contributed by atoms with E-state index in [1.807, 2.05) is 6.07 Å². The number of rotatable bonds is 9. The Kier molecular flexibility index (Phi) is 8.19. The second-order valence-corrected chi connectivity index (χ2v) is 8.82. The smallest absolute Gasteiger partial charge is 0.234 e. The summed E-state index contributed by atoms with van der Waals surface area (Å²) in [5, 5.41) is 3.39. The SMILES string of the molecule is COc1ccc(C)cc1N1CCN(CCCN2C(=O)CC(CNC3CC3)C2=O)CC1.Cl. The molecule has 1 aliphatic carbocycles. The molecule has 1 aromatic carbocycles. The van der Waals surface area contributed by atoms with Gasteiger partial charge < -0.3 is 15.0 Å². The number of anilines is 1. The summed E-state index contributed by atoms with van der Waals surface area (Å²) in [7, 11) is 1.72. The van der Waals surface area contributed by atoms with Crippen molar-refractivity contribution in [1.29, 1.82) is 0 Å². The minimum atomic E-state index is -0.161. The lowest BCUT2D eigenvalue weighted by Crippen LogP contribution is -2.47. The number of ether oxygens (including phenoxy) is 1. The maximum absolute atomic E-state index is 12.6. The molecule has 172 valence electrons. The van der Waals surface area contributed by atoms with Crippen LogP contribution in [0.1, 0.15) is 31.2 Å². The van der Waals surface area contributed by atoms with Crippen LogP contribution in [-0.2, 0) is 9.59 Å². The summed E-state index contributed by atoms with van der Waals surface area (Å²) in [6, 6.07) is 6.87. The lowest BCUT2D eigenvalue weighted by Gasteiger charge is -2.37. The van der Waals surface area contributed by atoms with Crippen LogP contribution in [-0.4, -0.2) is 80.6 Å². The fourth-order valence-corrected chi connectivity index (χ4v) is 4.45. The van der Waals surface area contributed by atoms with Gasteiger partial charge in [-0.3, -0.25) is 19.4 Å². The molecule has 1 N–H and O–H groups in total.